The molecule has 3 nitrogen and oxygen atoms in total. The predicted molar refractivity (Wildman–Crippen MR) is 52.1 cm³/mol. The summed E-state index contributed by atoms with van der Waals surface area (Å²) in [5.74, 6) is 0. The normalized spacial score (nSPS) is 8.31. The van der Waals surface area contributed by atoms with Gasteiger partial charge < -0.3 is 15.3 Å². The first kappa shape index (κ1) is 23.3. The Morgan fingerprint density at radius 3 is 0.538 bits per heavy atom. The van der Waals surface area contributed by atoms with E-state index in [2.05, 4.69) is 0 Å². The summed E-state index contributed by atoms with van der Waals surface area (Å²) in [6.07, 6.45) is -0.500. The van der Waals surface area contributed by atoms with E-state index in [-0.39, 0.29) is 35.4 Å². The van der Waals surface area contributed by atoms with Gasteiger partial charge >= 0.3 is 0 Å². The second-order valence-electron chi connectivity index (χ2n) is 3.28. The molecular formula is C9H24FeO3. The fraction of sp³-hybridized carbons (Fsp3) is 1.00. The molecule has 0 spiro atoms. The molecule has 0 aliphatic rings. The quantitative estimate of drug-likeness (QED) is 0.553. The van der Waals surface area contributed by atoms with Crippen LogP contribution in [0.4, 0.5) is 0 Å². The SMILES string of the molecule is CC(C)O.CC(C)O.CC(C)O.[Fe]. The van der Waals surface area contributed by atoms with Crippen molar-refractivity contribution in [2.75, 3.05) is 0 Å². The van der Waals surface area contributed by atoms with Crippen LogP contribution in [-0.4, -0.2) is 33.6 Å². The molecule has 0 aliphatic carbocycles. The molecule has 86 valence electrons. The van der Waals surface area contributed by atoms with Gasteiger partial charge in [-0.3, -0.25) is 0 Å². The summed E-state index contributed by atoms with van der Waals surface area (Å²) >= 11 is 0. The van der Waals surface area contributed by atoms with Gasteiger partial charge in [-0.15, -0.1) is 0 Å². The first-order chi connectivity index (χ1) is 5.20. The molecule has 4 heteroatoms. The molecule has 0 aromatic heterocycles. The summed E-state index contributed by atoms with van der Waals surface area (Å²) in [7, 11) is 0. The summed E-state index contributed by atoms with van der Waals surface area (Å²) in [5, 5.41) is 24.2. The molecule has 0 heterocycles. The smallest absolute Gasteiger partial charge is 0.0483 e. The Kier molecular flexibility index (Phi) is 32.7. The van der Waals surface area contributed by atoms with Crippen LogP contribution in [-0.2, 0) is 17.1 Å². The fourth-order valence-electron chi connectivity index (χ4n) is 0. The van der Waals surface area contributed by atoms with Crippen molar-refractivity contribution >= 4 is 0 Å². The van der Waals surface area contributed by atoms with E-state index in [0.29, 0.717) is 0 Å². The molecule has 3 N–H and O–H groups in total. The van der Waals surface area contributed by atoms with Crippen LogP contribution in [0.1, 0.15) is 41.5 Å². The molecular weight excluding hydrogens is 212 g/mol. The molecule has 0 aliphatic heterocycles. The Morgan fingerprint density at radius 1 is 0.538 bits per heavy atom. The Bertz CT molecular complexity index is 43.4. The van der Waals surface area contributed by atoms with Crippen molar-refractivity contribution in [1.29, 1.82) is 0 Å². The Labute approximate surface area is 92.6 Å². The van der Waals surface area contributed by atoms with Crippen LogP contribution < -0.4 is 0 Å². The minimum Gasteiger partial charge on any atom is -0.394 e. The zero-order chi connectivity index (χ0) is 10.7. The number of hydrogen-bond acceptors (Lipinski definition) is 3. The third kappa shape index (κ3) is 8400. The van der Waals surface area contributed by atoms with Crippen LogP contribution in [0.2, 0.25) is 0 Å². The molecule has 0 amide bonds. The van der Waals surface area contributed by atoms with Crippen LogP contribution >= 0.6 is 0 Å². The van der Waals surface area contributed by atoms with Crippen LogP contribution in [0.25, 0.3) is 0 Å². The summed E-state index contributed by atoms with van der Waals surface area (Å²) < 4.78 is 0. The van der Waals surface area contributed by atoms with E-state index in [0.717, 1.165) is 0 Å². The number of hydrogen-bond donors (Lipinski definition) is 3. The van der Waals surface area contributed by atoms with Gasteiger partial charge in [-0.2, -0.15) is 0 Å². The largest absolute Gasteiger partial charge is 0.394 e. The maximum absolute atomic E-state index is 8.06. The van der Waals surface area contributed by atoms with Gasteiger partial charge in [0.05, 0.1) is 0 Å². The molecule has 0 radical (unpaired) electrons. The Hall–Kier alpha value is 0.399. The minimum atomic E-state index is -0.167. The maximum atomic E-state index is 8.06. The minimum absolute atomic E-state index is 0. The van der Waals surface area contributed by atoms with Crippen molar-refractivity contribution < 1.29 is 32.4 Å². The molecule has 0 saturated heterocycles. The Morgan fingerprint density at radius 2 is 0.538 bits per heavy atom. The molecule has 0 bridgehead atoms. The molecule has 13 heavy (non-hydrogen) atoms. The Balaban J connectivity index is -0.0000000450. The first-order valence-electron chi connectivity index (χ1n) is 4.24. The molecule has 0 atom stereocenters. The van der Waals surface area contributed by atoms with E-state index in [1.165, 1.54) is 0 Å². The molecule has 0 saturated carbocycles. The van der Waals surface area contributed by atoms with E-state index in [1.807, 2.05) is 0 Å². The number of rotatable bonds is 0. The molecule has 0 aromatic carbocycles. The van der Waals surface area contributed by atoms with Gasteiger partial charge in [0.25, 0.3) is 0 Å². The topological polar surface area (TPSA) is 60.7 Å². The molecule has 0 rings (SSSR count). The van der Waals surface area contributed by atoms with Gasteiger partial charge in [0.15, 0.2) is 0 Å². The summed E-state index contributed by atoms with van der Waals surface area (Å²) in [5.41, 5.74) is 0. The molecule has 0 unspecified atom stereocenters. The molecule has 0 aromatic rings. The average Bonchev–Trinajstić information content (AvgIpc) is 1.54. The standard InChI is InChI=1S/3C3H8O.Fe/c3*1-3(2)4;/h3*3-4H,1-2H3;. The van der Waals surface area contributed by atoms with Crippen molar-refractivity contribution in [3.05, 3.63) is 0 Å². The van der Waals surface area contributed by atoms with Gasteiger partial charge in [-0.05, 0) is 41.5 Å². The van der Waals surface area contributed by atoms with E-state index < -0.39 is 0 Å². The molecule has 0 fully saturated rings. The van der Waals surface area contributed by atoms with Gasteiger partial charge in [-0.25, -0.2) is 0 Å². The van der Waals surface area contributed by atoms with Gasteiger partial charge in [-0.1, -0.05) is 0 Å². The van der Waals surface area contributed by atoms with Gasteiger partial charge in [0.1, 0.15) is 0 Å². The summed E-state index contributed by atoms with van der Waals surface area (Å²) in [4.78, 5) is 0. The van der Waals surface area contributed by atoms with Crippen LogP contribution in [0, 0.1) is 0 Å². The number of aliphatic hydroxyl groups excluding tert-OH is 3. The second-order valence-corrected chi connectivity index (χ2v) is 3.28. The zero-order valence-electron chi connectivity index (χ0n) is 9.43. The zero-order valence-corrected chi connectivity index (χ0v) is 10.5. The second kappa shape index (κ2) is 18.2. The van der Waals surface area contributed by atoms with Gasteiger partial charge in [0, 0.05) is 35.4 Å². The van der Waals surface area contributed by atoms with Crippen molar-refractivity contribution in [3.8, 4) is 0 Å². The van der Waals surface area contributed by atoms with E-state index in [4.69, 9.17) is 15.3 Å². The summed E-state index contributed by atoms with van der Waals surface area (Å²) in [6.45, 7) is 10.3. The number of aliphatic hydroxyl groups is 3. The van der Waals surface area contributed by atoms with E-state index in [1.54, 1.807) is 41.5 Å². The van der Waals surface area contributed by atoms with Crippen LogP contribution in [0.15, 0.2) is 0 Å². The maximum Gasteiger partial charge on any atom is 0.0483 e. The van der Waals surface area contributed by atoms with Crippen LogP contribution in [0.3, 0.4) is 0 Å². The van der Waals surface area contributed by atoms with Crippen molar-refractivity contribution in [3.63, 3.8) is 0 Å². The van der Waals surface area contributed by atoms with Crippen molar-refractivity contribution in [1.82, 2.24) is 0 Å². The van der Waals surface area contributed by atoms with Crippen molar-refractivity contribution in [2.24, 2.45) is 0 Å². The fourth-order valence-corrected chi connectivity index (χ4v) is 0. The third-order valence-corrected chi connectivity index (χ3v) is 0. The van der Waals surface area contributed by atoms with Crippen LogP contribution in [0.5, 0.6) is 0 Å². The average molecular weight is 236 g/mol. The van der Waals surface area contributed by atoms with Gasteiger partial charge in [0.2, 0.25) is 0 Å². The third-order valence-electron chi connectivity index (χ3n) is 0. The van der Waals surface area contributed by atoms with Crippen molar-refractivity contribution in [2.45, 2.75) is 59.9 Å². The van der Waals surface area contributed by atoms with E-state index in [9.17, 15) is 0 Å². The van der Waals surface area contributed by atoms with E-state index >= 15 is 0 Å². The summed E-state index contributed by atoms with van der Waals surface area (Å²) in [6, 6.07) is 0. The predicted octanol–water partition coefficient (Wildman–Crippen LogP) is 1.16. The first-order valence-corrected chi connectivity index (χ1v) is 4.24. The monoisotopic (exact) mass is 236 g/mol.